The average Bonchev–Trinajstić information content (AvgIpc) is 2.46. The minimum atomic E-state index is -1.18. The summed E-state index contributed by atoms with van der Waals surface area (Å²) < 4.78 is 4.78. The summed E-state index contributed by atoms with van der Waals surface area (Å²) in [6.07, 6.45) is -2.52. The molecule has 2 aromatic carbocycles. The van der Waals surface area contributed by atoms with Gasteiger partial charge in [-0.15, -0.1) is 0 Å². The Morgan fingerprint density at radius 1 is 1.15 bits per heavy atom. The van der Waals surface area contributed by atoms with E-state index in [1.807, 2.05) is 36.4 Å². The fourth-order valence-electron chi connectivity index (χ4n) is 2.22. The fourth-order valence-corrected chi connectivity index (χ4v) is 2.22. The average molecular weight is 274 g/mol. The SMILES string of the molecule is CCOC(=O)CC(O)C(O)c1cccc2ccccc12. The second-order valence-corrected chi connectivity index (χ2v) is 4.59. The normalized spacial score (nSPS) is 13.9. The zero-order valence-electron chi connectivity index (χ0n) is 11.3. The lowest BCUT2D eigenvalue weighted by Crippen LogP contribution is -2.23. The predicted octanol–water partition coefficient (Wildman–Crippen LogP) is 2.19. The van der Waals surface area contributed by atoms with Gasteiger partial charge in [-0.1, -0.05) is 42.5 Å². The number of carbonyl (C=O) groups excluding carboxylic acids is 1. The number of aliphatic hydroxyl groups excluding tert-OH is 2. The lowest BCUT2D eigenvalue weighted by molar-refractivity contribution is -0.147. The van der Waals surface area contributed by atoms with Gasteiger partial charge in [0.25, 0.3) is 0 Å². The molecule has 106 valence electrons. The van der Waals surface area contributed by atoms with Crippen molar-refractivity contribution in [3.63, 3.8) is 0 Å². The lowest BCUT2D eigenvalue weighted by atomic mass is 9.96. The molecule has 2 atom stereocenters. The van der Waals surface area contributed by atoms with Gasteiger partial charge < -0.3 is 14.9 Å². The van der Waals surface area contributed by atoms with E-state index >= 15 is 0 Å². The van der Waals surface area contributed by atoms with E-state index in [0.29, 0.717) is 5.56 Å². The molecule has 20 heavy (non-hydrogen) atoms. The van der Waals surface area contributed by atoms with E-state index in [4.69, 9.17) is 4.74 Å². The van der Waals surface area contributed by atoms with Crippen LogP contribution in [0, 0.1) is 0 Å². The zero-order valence-corrected chi connectivity index (χ0v) is 11.3. The standard InChI is InChI=1S/C16H18O4/c1-2-20-15(18)10-14(17)16(19)13-9-5-7-11-6-3-4-8-12(11)13/h3-9,14,16-17,19H,2,10H2,1H3. The van der Waals surface area contributed by atoms with E-state index < -0.39 is 18.2 Å². The first kappa shape index (κ1) is 14.5. The number of ether oxygens (including phenoxy) is 1. The van der Waals surface area contributed by atoms with Crippen molar-refractivity contribution in [3.05, 3.63) is 48.0 Å². The monoisotopic (exact) mass is 274 g/mol. The molecule has 0 aliphatic rings. The summed E-state index contributed by atoms with van der Waals surface area (Å²) in [4.78, 5) is 11.4. The van der Waals surface area contributed by atoms with Crippen LogP contribution in [0.3, 0.4) is 0 Å². The van der Waals surface area contributed by atoms with E-state index in [2.05, 4.69) is 0 Å². The number of rotatable bonds is 5. The summed E-state index contributed by atoms with van der Waals surface area (Å²) in [6, 6.07) is 13.1. The first-order valence-corrected chi connectivity index (χ1v) is 6.63. The van der Waals surface area contributed by atoms with Crippen LogP contribution in [0.5, 0.6) is 0 Å². The number of benzene rings is 2. The third-order valence-electron chi connectivity index (χ3n) is 3.19. The number of fused-ring (bicyclic) bond motifs is 1. The van der Waals surface area contributed by atoms with Gasteiger partial charge >= 0.3 is 5.97 Å². The van der Waals surface area contributed by atoms with Crippen LogP contribution < -0.4 is 0 Å². The molecule has 0 aliphatic carbocycles. The number of esters is 1. The van der Waals surface area contributed by atoms with Crippen molar-refractivity contribution in [1.82, 2.24) is 0 Å². The fraction of sp³-hybridized carbons (Fsp3) is 0.312. The highest BCUT2D eigenvalue weighted by Crippen LogP contribution is 2.27. The van der Waals surface area contributed by atoms with Crippen molar-refractivity contribution in [1.29, 1.82) is 0 Å². The summed E-state index contributed by atoms with van der Waals surface area (Å²) >= 11 is 0. The van der Waals surface area contributed by atoms with Crippen molar-refractivity contribution in [2.75, 3.05) is 6.61 Å². The van der Waals surface area contributed by atoms with Crippen LogP contribution in [-0.4, -0.2) is 28.9 Å². The van der Waals surface area contributed by atoms with Crippen molar-refractivity contribution in [2.45, 2.75) is 25.6 Å². The van der Waals surface area contributed by atoms with Gasteiger partial charge in [-0.2, -0.15) is 0 Å². The summed E-state index contributed by atoms with van der Waals surface area (Å²) in [7, 11) is 0. The summed E-state index contributed by atoms with van der Waals surface area (Å²) in [5, 5.41) is 22.1. The Hall–Kier alpha value is -1.91. The number of aliphatic hydroxyl groups is 2. The van der Waals surface area contributed by atoms with Gasteiger partial charge in [0.15, 0.2) is 0 Å². The maximum atomic E-state index is 11.4. The van der Waals surface area contributed by atoms with Crippen LogP contribution in [0.25, 0.3) is 10.8 Å². The number of hydrogen-bond donors (Lipinski definition) is 2. The van der Waals surface area contributed by atoms with Crippen molar-refractivity contribution >= 4 is 16.7 Å². The van der Waals surface area contributed by atoms with Crippen LogP contribution in [-0.2, 0) is 9.53 Å². The van der Waals surface area contributed by atoms with E-state index in [0.717, 1.165) is 10.8 Å². The smallest absolute Gasteiger partial charge is 0.308 e. The van der Waals surface area contributed by atoms with Crippen molar-refractivity contribution in [3.8, 4) is 0 Å². The number of carbonyl (C=O) groups is 1. The molecule has 0 saturated heterocycles. The Kier molecular flexibility index (Phi) is 4.71. The molecule has 2 aromatic rings. The molecule has 2 rings (SSSR count). The quantitative estimate of drug-likeness (QED) is 0.820. The van der Waals surface area contributed by atoms with Gasteiger partial charge in [-0.05, 0) is 23.3 Å². The van der Waals surface area contributed by atoms with Crippen LogP contribution >= 0.6 is 0 Å². The van der Waals surface area contributed by atoms with Crippen molar-refractivity contribution in [2.24, 2.45) is 0 Å². The summed E-state index contributed by atoms with van der Waals surface area (Å²) in [5.74, 6) is -0.515. The largest absolute Gasteiger partial charge is 0.466 e. The molecule has 0 radical (unpaired) electrons. The Bertz CT molecular complexity index is 589. The van der Waals surface area contributed by atoms with Crippen LogP contribution in [0.1, 0.15) is 25.0 Å². The highest BCUT2D eigenvalue weighted by molar-refractivity contribution is 5.86. The first-order valence-electron chi connectivity index (χ1n) is 6.63. The molecule has 0 aromatic heterocycles. The van der Waals surface area contributed by atoms with E-state index in [-0.39, 0.29) is 13.0 Å². The second-order valence-electron chi connectivity index (χ2n) is 4.59. The molecular formula is C16H18O4. The lowest BCUT2D eigenvalue weighted by Gasteiger charge is -2.19. The van der Waals surface area contributed by atoms with E-state index in [1.54, 1.807) is 13.0 Å². The number of hydrogen-bond acceptors (Lipinski definition) is 4. The Balaban J connectivity index is 2.22. The third kappa shape index (κ3) is 3.15. The molecule has 2 N–H and O–H groups in total. The van der Waals surface area contributed by atoms with Gasteiger partial charge in [-0.3, -0.25) is 4.79 Å². The summed E-state index contributed by atoms with van der Waals surface area (Å²) in [5.41, 5.74) is 0.611. The van der Waals surface area contributed by atoms with Gasteiger partial charge in [0, 0.05) is 0 Å². The van der Waals surface area contributed by atoms with Gasteiger partial charge in [0.05, 0.1) is 19.1 Å². The molecule has 0 saturated carbocycles. The molecule has 0 spiro atoms. The third-order valence-corrected chi connectivity index (χ3v) is 3.19. The molecule has 0 bridgehead atoms. The molecule has 0 aliphatic heterocycles. The second kappa shape index (κ2) is 6.50. The highest BCUT2D eigenvalue weighted by atomic mass is 16.5. The Morgan fingerprint density at radius 2 is 1.85 bits per heavy atom. The minimum absolute atomic E-state index is 0.224. The highest BCUT2D eigenvalue weighted by Gasteiger charge is 2.23. The van der Waals surface area contributed by atoms with Gasteiger partial charge in [-0.25, -0.2) is 0 Å². The minimum Gasteiger partial charge on any atom is -0.466 e. The summed E-state index contributed by atoms with van der Waals surface area (Å²) in [6.45, 7) is 1.96. The molecule has 2 unspecified atom stereocenters. The molecule has 4 heteroatoms. The Morgan fingerprint density at radius 3 is 2.60 bits per heavy atom. The predicted molar refractivity (Wildman–Crippen MR) is 76.2 cm³/mol. The maximum Gasteiger partial charge on any atom is 0.308 e. The van der Waals surface area contributed by atoms with E-state index in [9.17, 15) is 15.0 Å². The zero-order chi connectivity index (χ0) is 14.5. The molecular weight excluding hydrogens is 256 g/mol. The van der Waals surface area contributed by atoms with Crippen LogP contribution in [0.2, 0.25) is 0 Å². The molecule has 0 fully saturated rings. The van der Waals surface area contributed by atoms with Crippen LogP contribution in [0.15, 0.2) is 42.5 Å². The van der Waals surface area contributed by atoms with Crippen LogP contribution in [0.4, 0.5) is 0 Å². The van der Waals surface area contributed by atoms with Gasteiger partial charge in [0.1, 0.15) is 6.10 Å². The molecule has 4 nitrogen and oxygen atoms in total. The molecule has 0 amide bonds. The van der Waals surface area contributed by atoms with E-state index in [1.165, 1.54) is 0 Å². The van der Waals surface area contributed by atoms with Crippen molar-refractivity contribution < 1.29 is 19.7 Å². The topological polar surface area (TPSA) is 66.8 Å². The van der Waals surface area contributed by atoms with Gasteiger partial charge in [0.2, 0.25) is 0 Å². The first-order chi connectivity index (χ1) is 9.63. The molecule has 0 heterocycles. The Labute approximate surface area is 117 Å². The maximum absolute atomic E-state index is 11.4.